The number of hydrogen-bond donors (Lipinski definition) is 5. The molecule has 0 spiro atoms. The van der Waals surface area contributed by atoms with E-state index in [4.69, 9.17) is 33.0 Å². The molecule has 0 bridgehead atoms. The molecule has 0 saturated heterocycles. The highest BCUT2D eigenvalue weighted by Crippen LogP contribution is 2.46. The number of hydrogen-bond acceptors (Lipinski definition) is 9. The lowest BCUT2D eigenvalue weighted by Crippen LogP contribution is -2.50. The Balaban J connectivity index is 1.15. The first-order valence-electron chi connectivity index (χ1n) is 15.3. The van der Waals surface area contributed by atoms with Gasteiger partial charge in [-0.1, -0.05) is 35.3 Å². The number of carbonyl (C=O) groups excluding carboxylic acids is 2. The lowest BCUT2D eigenvalue weighted by atomic mass is 10.0. The van der Waals surface area contributed by atoms with Crippen molar-refractivity contribution in [3.05, 3.63) is 57.6 Å². The van der Waals surface area contributed by atoms with Crippen molar-refractivity contribution in [2.75, 3.05) is 43.1 Å². The minimum atomic E-state index is -1.77. The predicted octanol–water partition coefficient (Wildman–Crippen LogP) is 1.89. The summed E-state index contributed by atoms with van der Waals surface area (Å²) in [5.41, 5.74) is 2.38. The number of benzene rings is 2. The maximum atomic E-state index is 13.8. The largest absolute Gasteiger partial charge is 0.394 e. The number of anilines is 2. The Hall–Kier alpha value is -2.48. The van der Waals surface area contributed by atoms with Gasteiger partial charge >= 0.3 is 0 Å². The van der Waals surface area contributed by atoms with Crippen LogP contribution in [0.3, 0.4) is 0 Å². The summed E-state index contributed by atoms with van der Waals surface area (Å²) in [5, 5.41) is 49.2. The first-order chi connectivity index (χ1) is 21.5. The molecule has 2 amide bonds. The van der Waals surface area contributed by atoms with Gasteiger partial charge in [-0.3, -0.25) is 9.59 Å². The zero-order valence-corrected chi connectivity index (χ0v) is 26.7. The lowest BCUT2D eigenvalue weighted by molar-refractivity contribution is -0.138. The highest BCUT2D eigenvalue weighted by atomic mass is 35.5. The first kappa shape index (κ1) is 33.9. The number of ether oxygens (including phenoxy) is 1. The lowest BCUT2D eigenvalue weighted by Gasteiger charge is -2.39. The van der Waals surface area contributed by atoms with Crippen LogP contribution < -0.4 is 9.80 Å². The molecule has 2 aromatic carbocycles. The van der Waals surface area contributed by atoms with Gasteiger partial charge in [0.05, 0.1) is 24.6 Å². The van der Waals surface area contributed by atoms with E-state index in [1.807, 2.05) is 23.1 Å². The topological polar surface area (TPSA) is 154 Å². The summed E-state index contributed by atoms with van der Waals surface area (Å²) in [6, 6.07) is 12.0. The minimum absolute atomic E-state index is 0.0279. The van der Waals surface area contributed by atoms with E-state index in [1.165, 1.54) is 24.8 Å². The van der Waals surface area contributed by atoms with Crippen LogP contribution in [0.1, 0.15) is 43.2 Å². The van der Waals surface area contributed by atoms with Crippen LogP contribution >= 0.6 is 23.2 Å². The fraction of sp³-hybridized carbons (Fsp3) is 0.562. The molecule has 2 fully saturated rings. The summed E-state index contributed by atoms with van der Waals surface area (Å²) in [5.74, 6) is -0.393. The van der Waals surface area contributed by atoms with Crippen LogP contribution in [0.4, 0.5) is 11.4 Å². The van der Waals surface area contributed by atoms with E-state index in [0.29, 0.717) is 46.6 Å². The third kappa shape index (κ3) is 7.58. The monoisotopic (exact) mass is 665 g/mol. The highest BCUT2D eigenvalue weighted by Gasteiger charge is 2.54. The van der Waals surface area contributed by atoms with Crippen LogP contribution in [0.15, 0.2) is 36.4 Å². The maximum absolute atomic E-state index is 13.8. The summed E-state index contributed by atoms with van der Waals surface area (Å²) in [4.78, 5) is 31.9. The van der Waals surface area contributed by atoms with Gasteiger partial charge in [-0.05, 0) is 67.5 Å². The van der Waals surface area contributed by atoms with Crippen LogP contribution in [0.25, 0.3) is 0 Å². The molecule has 11 nitrogen and oxygen atoms in total. The SMILES string of the molecule is CN(C[C@H](O)[C@@H](O)[C@H](O)[C@H](O)CO)C(=O)CCc1cc(Cl)c(COC2(C(=O)N3CCN(C4CC4)c4ccccc43)CC2)cc1Cl. The number of nitrogens with zero attached hydrogens (tertiary/aromatic N) is 3. The molecule has 5 N–H and O–H groups in total. The van der Waals surface area contributed by atoms with Crippen molar-refractivity contribution in [3.63, 3.8) is 0 Å². The van der Waals surface area contributed by atoms with E-state index in [0.717, 1.165) is 17.9 Å². The van der Waals surface area contributed by atoms with Crippen LogP contribution in [0.5, 0.6) is 0 Å². The van der Waals surface area contributed by atoms with Crippen molar-refractivity contribution in [2.45, 2.75) is 81.2 Å². The first-order valence-corrected chi connectivity index (χ1v) is 16.1. The Morgan fingerprint density at radius 3 is 2.24 bits per heavy atom. The van der Waals surface area contributed by atoms with Crippen LogP contribution in [-0.4, -0.2) is 112 Å². The van der Waals surface area contributed by atoms with Crippen LogP contribution in [0.2, 0.25) is 10.0 Å². The second-order valence-electron chi connectivity index (χ2n) is 12.3. The number of halogens is 2. The average Bonchev–Trinajstić information content (AvgIpc) is 3.98. The maximum Gasteiger partial charge on any atom is 0.259 e. The van der Waals surface area contributed by atoms with Crippen LogP contribution in [0, 0.1) is 0 Å². The fourth-order valence-corrected chi connectivity index (χ4v) is 6.29. The molecular formula is C32H41Cl2N3O8. The standard InChI is InChI=1S/C32H41Cl2N3O8/c1-35(16-26(39)29(42)30(43)27(40)17-38)28(41)9-6-19-14-23(34)20(15-22(19)33)18-45-32(10-11-32)31(44)37-13-12-36(21-7-8-21)24-4-2-3-5-25(24)37/h2-5,14-15,21,26-27,29-30,38-40,42-43H,6-13,16-18H2,1H3/t26-,27+,29+,30+/m0/s1. The molecule has 3 aliphatic rings. The second-order valence-corrected chi connectivity index (χ2v) is 13.1. The molecule has 1 aliphatic heterocycles. The molecule has 0 aromatic heterocycles. The summed E-state index contributed by atoms with van der Waals surface area (Å²) in [6.07, 6.45) is -2.80. The van der Waals surface area contributed by atoms with Gasteiger partial charge < -0.3 is 45.0 Å². The number of fused-ring (bicyclic) bond motifs is 1. The summed E-state index contributed by atoms with van der Waals surface area (Å²) >= 11 is 13.1. The molecule has 0 radical (unpaired) electrons. The third-order valence-electron chi connectivity index (χ3n) is 8.91. The molecule has 2 aromatic rings. The Morgan fingerprint density at radius 2 is 1.60 bits per heavy atom. The number of aliphatic hydroxyl groups excluding tert-OH is 5. The van der Waals surface area contributed by atoms with Gasteiger partial charge in [0.15, 0.2) is 0 Å². The summed E-state index contributed by atoms with van der Waals surface area (Å²) < 4.78 is 6.24. The van der Waals surface area contributed by atoms with Crippen molar-refractivity contribution < 1.29 is 39.9 Å². The van der Waals surface area contributed by atoms with E-state index in [-0.39, 0.29) is 37.8 Å². The van der Waals surface area contributed by atoms with E-state index in [2.05, 4.69) is 11.0 Å². The number of carbonyl (C=O) groups is 2. The third-order valence-corrected chi connectivity index (χ3v) is 9.62. The molecule has 13 heteroatoms. The van der Waals surface area contributed by atoms with E-state index >= 15 is 0 Å². The van der Waals surface area contributed by atoms with Gasteiger partial charge in [0.2, 0.25) is 5.91 Å². The molecule has 246 valence electrons. The smallest absolute Gasteiger partial charge is 0.259 e. The molecule has 1 heterocycles. The number of para-hydroxylation sites is 2. The van der Waals surface area contributed by atoms with Gasteiger partial charge in [0.1, 0.15) is 30.0 Å². The number of aliphatic hydroxyl groups is 5. The molecule has 45 heavy (non-hydrogen) atoms. The Labute approximate surface area is 272 Å². The van der Waals surface area contributed by atoms with Crippen molar-refractivity contribution in [3.8, 4) is 0 Å². The Kier molecular flexibility index (Phi) is 10.6. The molecule has 5 rings (SSSR count). The highest BCUT2D eigenvalue weighted by molar-refractivity contribution is 6.34. The Morgan fingerprint density at radius 1 is 0.978 bits per heavy atom. The van der Waals surface area contributed by atoms with E-state index in [1.54, 1.807) is 12.1 Å². The van der Waals surface area contributed by atoms with Gasteiger partial charge in [-0.2, -0.15) is 0 Å². The Bertz CT molecular complexity index is 1390. The molecule has 4 atom stereocenters. The molecule has 2 aliphatic carbocycles. The fourth-order valence-electron chi connectivity index (χ4n) is 5.77. The quantitative estimate of drug-likeness (QED) is 0.204. The second kappa shape index (κ2) is 14.1. The van der Waals surface area contributed by atoms with Crippen molar-refractivity contribution >= 4 is 46.4 Å². The number of aryl methyl sites for hydroxylation is 1. The van der Waals surface area contributed by atoms with Crippen molar-refractivity contribution in [2.24, 2.45) is 0 Å². The van der Waals surface area contributed by atoms with E-state index in [9.17, 15) is 30.0 Å². The van der Waals surface area contributed by atoms with Crippen molar-refractivity contribution in [1.29, 1.82) is 0 Å². The number of rotatable bonds is 14. The van der Waals surface area contributed by atoms with Gasteiger partial charge in [0, 0.05) is 49.2 Å². The zero-order chi connectivity index (χ0) is 32.5. The van der Waals surface area contributed by atoms with Gasteiger partial charge in [-0.25, -0.2) is 0 Å². The average molecular weight is 667 g/mol. The summed E-state index contributed by atoms with van der Waals surface area (Å²) in [6.45, 7) is 0.418. The van der Waals surface area contributed by atoms with Crippen molar-refractivity contribution in [1.82, 2.24) is 4.90 Å². The predicted molar refractivity (Wildman–Crippen MR) is 169 cm³/mol. The van der Waals surface area contributed by atoms with Gasteiger partial charge in [-0.15, -0.1) is 0 Å². The molecule has 2 saturated carbocycles. The number of likely N-dealkylation sites (N-methyl/N-ethyl adjacent to an activating group) is 1. The van der Waals surface area contributed by atoms with Crippen LogP contribution in [-0.2, 0) is 27.4 Å². The van der Waals surface area contributed by atoms with Gasteiger partial charge in [0.25, 0.3) is 5.91 Å². The molecular weight excluding hydrogens is 625 g/mol. The minimum Gasteiger partial charge on any atom is -0.394 e. The summed E-state index contributed by atoms with van der Waals surface area (Å²) in [7, 11) is 1.43. The van der Waals surface area contributed by atoms with E-state index < -0.39 is 36.6 Å². The number of amides is 2. The molecule has 0 unspecified atom stereocenters. The normalized spacial score (nSPS) is 19.8. The zero-order valence-electron chi connectivity index (χ0n) is 25.2.